The number of nitrogens with zero attached hydrogens (tertiary/aromatic N) is 3. The Kier molecular flexibility index (Phi) is 5.73. The molecule has 0 saturated carbocycles. The van der Waals surface area contributed by atoms with E-state index in [2.05, 4.69) is 15.0 Å². The molecule has 136 valence electrons. The van der Waals surface area contributed by atoms with Crippen LogP contribution in [0.25, 0.3) is 10.2 Å². The van der Waals surface area contributed by atoms with Crippen LogP contribution in [-0.2, 0) is 17.8 Å². The van der Waals surface area contributed by atoms with Gasteiger partial charge in [-0.05, 0) is 31.7 Å². The van der Waals surface area contributed by atoms with Gasteiger partial charge in [-0.1, -0.05) is 23.9 Å². The Morgan fingerprint density at radius 1 is 1.31 bits per heavy atom. The monoisotopic (exact) mass is 388 g/mol. The zero-order chi connectivity index (χ0) is 18.7. The number of nitrogens with one attached hydrogen (secondary N) is 1. The molecule has 2 aromatic heterocycles. The largest absolute Gasteiger partial charge is 0.339 e. The molecule has 0 spiro atoms. The lowest BCUT2D eigenvalue weighted by molar-refractivity contribution is -0.130. The number of H-pyrrole nitrogens is 1. The minimum absolute atomic E-state index is 0.0167. The molecule has 0 radical (unpaired) electrons. The van der Waals surface area contributed by atoms with Gasteiger partial charge in [0.15, 0.2) is 5.16 Å². The van der Waals surface area contributed by atoms with Crippen LogP contribution in [0.5, 0.6) is 0 Å². The van der Waals surface area contributed by atoms with Gasteiger partial charge in [0, 0.05) is 24.7 Å². The van der Waals surface area contributed by atoms with Gasteiger partial charge >= 0.3 is 0 Å². The Balaban J connectivity index is 1.63. The molecule has 0 aliphatic heterocycles. The van der Waals surface area contributed by atoms with Crippen molar-refractivity contribution in [2.45, 2.75) is 31.5 Å². The predicted octanol–water partition coefficient (Wildman–Crippen LogP) is 3.00. The van der Waals surface area contributed by atoms with Crippen molar-refractivity contribution in [2.24, 2.45) is 0 Å². The van der Waals surface area contributed by atoms with Crippen LogP contribution in [0.4, 0.5) is 0 Å². The number of aromatic nitrogens is 3. The molecule has 0 fully saturated rings. The Labute approximate surface area is 159 Å². The van der Waals surface area contributed by atoms with Crippen LogP contribution in [0.3, 0.4) is 0 Å². The molecular weight excluding hydrogens is 368 g/mol. The van der Waals surface area contributed by atoms with Crippen LogP contribution in [-0.4, -0.2) is 39.1 Å². The number of thiazole rings is 1. The molecule has 0 atom stereocenters. The standard InChI is InChI=1S/C18H20N4O2S2/c1-11-12(17(24)21-18(19-11)25-3)8-9-16(23)22(2)10-15-20-13-6-4-5-7-14(13)26-15/h4-7H,8-10H2,1-3H3,(H,19,21,24). The highest BCUT2D eigenvalue weighted by molar-refractivity contribution is 7.98. The number of rotatable bonds is 6. The molecule has 8 heteroatoms. The third-order valence-electron chi connectivity index (χ3n) is 4.12. The van der Waals surface area contributed by atoms with Crippen molar-refractivity contribution in [1.82, 2.24) is 19.9 Å². The SMILES string of the molecule is CSc1nc(C)c(CCC(=O)N(C)Cc2nc3ccccc3s2)c(=O)[nH]1. The average molecular weight is 389 g/mol. The number of amides is 1. The van der Waals surface area contributed by atoms with Crippen LogP contribution < -0.4 is 5.56 Å². The van der Waals surface area contributed by atoms with Gasteiger partial charge in [0.05, 0.1) is 16.8 Å². The lowest BCUT2D eigenvalue weighted by Crippen LogP contribution is -2.27. The number of thioether (sulfide) groups is 1. The van der Waals surface area contributed by atoms with Crippen molar-refractivity contribution in [3.05, 3.63) is 50.9 Å². The summed E-state index contributed by atoms with van der Waals surface area (Å²) in [5.74, 6) is -0.0167. The highest BCUT2D eigenvalue weighted by Gasteiger charge is 2.15. The summed E-state index contributed by atoms with van der Waals surface area (Å²) >= 11 is 2.98. The number of hydrogen-bond donors (Lipinski definition) is 1. The van der Waals surface area contributed by atoms with Gasteiger partial charge in [0.2, 0.25) is 5.91 Å². The van der Waals surface area contributed by atoms with E-state index >= 15 is 0 Å². The maximum Gasteiger partial charge on any atom is 0.254 e. The summed E-state index contributed by atoms with van der Waals surface area (Å²) in [4.78, 5) is 37.9. The molecule has 0 unspecified atom stereocenters. The van der Waals surface area contributed by atoms with Crippen LogP contribution in [0.1, 0.15) is 22.7 Å². The fourth-order valence-corrected chi connectivity index (χ4v) is 4.12. The highest BCUT2D eigenvalue weighted by atomic mass is 32.2. The van der Waals surface area contributed by atoms with Gasteiger partial charge in [-0.15, -0.1) is 11.3 Å². The summed E-state index contributed by atoms with van der Waals surface area (Å²) in [5.41, 5.74) is 2.04. The fraction of sp³-hybridized carbons (Fsp3) is 0.333. The minimum atomic E-state index is -0.163. The first-order chi connectivity index (χ1) is 12.5. The number of carbonyl (C=O) groups excluding carboxylic acids is 1. The maximum absolute atomic E-state index is 12.4. The van der Waals surface area contributed by atoms with Gasteiger partial charge in [0.25, 0.3) is 5.56 Å². The van der Waals surface area contributed by atoms with E-state index in [1.807, 2.05) is 30.5 Å². The third kappa shape index (κ3) is 4.13. The zero-order valence-corrected chi connectivity index (χ0v) is 16.5. The topological polar surface area (TPSA) is 79.0 Å². The number of carbonyl (C=O) groups is 1. The highest BCUT2D eigenvalue weighted by Crippen LogP contribution is 2.22. The predicted molar refractivity (Wildman–Crippen MR) is 106 cm³/mol. The molecule has 26 heavy (non-hydrogen) atoms. The van der Waals surface area contributed by atoms with E-state index in [4.69, 9.17) is 0 Å². The molecule has 2 heterocycles. The van der Waals surface area contributed by atoms with Crippen molar-refractivity contribution < 1.29 is 4.79 Å². The Morgan fingerprint density at radius 2 is 2.08 bits per heavy atom. The van der Waals surface area contributed by atoms with Gasteiger partial charge in [-0.3, -0.25) is 9.59 Å². The number of para-hydroxylation sites is 1. The number of aryl methyl sites for hydroxylation is 1. The van der Waals surface area contributed by atoms with Crippen molar-refractivity contribution in [2.75, 3.05) is 13.3 Å². The Bertz CT molecular complexity index is 963. The molecule has 6 nitrogen and oxygen atoms in total. The van der Waals surface area contributed by atoms with Crippen LogP contribution in [0, 0.1) is 6.92 Å². The first-order valence-electron chi connectivity index (χ1n) is 8.20. The minimum Gasteiger partial charge on any atom is -0.339 e. The van der Waals surface area contributed by atoms with Crippen molar-refractivity contribution in [3.8, 4) is 0 Å². The van der Waals surface area contributed by atoms with Gasteiger partial charge in [-0.25, -0.2) is 9.97 Å². The molecule has 3 rings (SSSR count). The van der Waals surface area contributed by atoms with Crippen LogP contribution >= 0.6 is 23.1 Å². The lowest BCUT2D eigenvalue weighted by Gasteiger charge is -2.15. The number of hydrogen-bond acceptors (Lipinski definition) is 6. The molecule has 1 aromatic carbocycles. The fourth-order valence-electron chi connectivity index (χ4n) is 2.68. The average Bonchev–Trinajstić information content (AvgIpc) is 3.02. The quantitative estimate of drug-likeness (QED) is 0.519. The summed E-state index contributed by atoms with van der Waals surface area (Å²) in [6.07, 6.45) is 2.51. The zero-order valence-electron chi connectivity index (χ0n) is 14.9. The second-order valence-electron chi connectivity index (χ2n) is 5.96. The third-order valence-corrected chi connectivity index (χ3v) is 5.72. The molecule has 0 aliphatic carbocycles. The van der Waals surface area contributed by atoms with Crippen LogP contribution in [0.15, 0.2) is 34.2 Å². The summed E-state index contributed by atoms with van der Waals surface area (Å²) in [5, 5.41) is 1.50. The smallest absolute Gasteiger partial charge is 0.254 e. The molecule has 0 saturated heterocycles. The molecular formula is C18H20N4O2S2. The van der Waals surface area contributed by atoms with Gasteiger partial charge in [-0.2, -0.15) is 0 Å². The summed E-state index contributed by atoms with van der Waals surface area (Å²) in [6, 6.07) is 7.93. The van der Waals surface area contributed by atoms with Gasteiger partial charge < -0.3 is 9.88 Å². The summed E-state index contributed by atoms with van der Waals surface area (Å²) < 4.78 is 1.12. The van der Waals surface area contributed by atoms with E-state index in [1.54, 1.807) is 30.2 Å². The van der Waals surface area contributed by atoms with E-state index < -0.39 is 0 Å². The van der Waals surface area contributed by atoms with E-state index in [9.17, 15) is 9.59 Å². The normalized spacial score (nSPS) is 11.0. The van der Waals surface area contributed by atoms with Crippen LogP contribution in [0.2, 0.25) is 0 Å². The molecule has 1 N–H and O–H groups in total. The lowest BCUT2D eigenvalue weighted by atomic mass is 10.1. The second-order valence-corrected chi connectivity index (χ2v) is 7.87. The number of aromatic amines is 1. The molecule has 0 bridgehead atoms. The number of fused-ring (bicyclic) bond motifs is 1. The molecule has 0 aliphatic rings. The van der Waals surface area contributed by atoms with E-state index in [1.165, 1.54) is 11.8 Å². The summed E-state index contributed by atoms with van der Waals surface area (Å²) in [6.45, 7) is 2.27. The maximum atomic E-state index is 12.4. The van der Waals surface area contributed by atoms with Crippen molar-refractivity contribution >= 4 is 39.2 Å². The number of benzene rings is 1. The molecule has 1 amide bonds. The van der Waals surface area contributed by atoms with Gasteiger partial charge in [0.1, 0.15) is 5.01 Å². The Hall–Kier alpha value is -2.19. The van der Waals surface area contributed by atoms with E-state index in [0.717, 1.165) is 15.2 Å². The van der Waals surface area contributed by atoms with E-state index in [-0.39, 0.29) is 17.9 Å². The Morgan fingerprint density at radius 3 is 2.77 bits per heavy atom. The van der Waals surface area contributed by atoms with Crippen molar-refractivity contribution in [3.63, 3.8) is 0 Å². The molecule has 3 aromatic rings. The van der Waals surface area contributed by atoms with Crippen molar-refractivity contribution in [1.29, 1.82) is 0 Å². The second kappa shape index (κ2) is 8.01. The summed E-state index contributed by atoms with van der Waals surface area (Å²) in [7, 11) is 1.76. The first kappa shape index (κ1) is 18.6. The first-order valence-corrected chi connectivity index (χ1v) is 10.2. The van der Waals surface area contributed by atoms with E-state index in [0.29, 0.717) is 29.4 Å².